The molecular formula is C72H116O6. The van der Waals surface area contributed by atoms with Crippen molar-refractivity contribution in [1.82, 2.24) is 0 Å². The van der Waals surface area contributed by atoms with Gasteiger partial charge < -0.3 is 14.2 Å². The Hall–Kier alpha value is -4.71. The summed E-state index contributed by atoms with van der Waals surface area (Å²) >= 11 is 0. The zero-order valence-electron chi connectivity index (χ0n) is 50.4. The van der Waals surface area contributed by atoms with Gasteiger partial charge in [0.2, 0.25) is 0 Å². The first-order valence-corrected chi connectivity index (χ1v) is 31.8. The molecule has 0 aliphatic carbocycles. The van der Waals surface area contributed by atoms with E-state index in [0.717, 1.165) is 122 Å². The van der Waals surface area contributed by atoms with Crippen LogP contribution in [0.3, 0.4) is 0 Å². The summed E-state index contributed by atoms with van der Waals surface area (Å²) in [6.45, 7) is 6.25. The third-order valence-corrected chi connectivity index (χ3v) is 13.1. The van der Waals surface area contributed by atoms with Crippen LogP contribution < -0.4 is 0 Å². The number of unbranched alkanes of at least 4 members (excludes halogenated alkanes) is 22. The van der Waals surface area contributed by atoms with Gasteiger partial charge in [0.05, 0.1) is 6.42 Å². The number of carbonyl (C=O) groups excluding carboxylic acids is 3. The molecule has 0 aromatic carbocycles. The molecule has 1 unspecified atom stereocenters. The van der Waals surface area contributed by atoms with Crippen LogP contribution in [0.15, 0.2) is 146 Å². The minimum atomic E-state index is -0.838. The topological polar surface area (TPSA) is 78.9 Å². The lowest BCUT2D eigenvalue weighted by Crippen LogP contribution is -2.30. The Balaban J connectivity index is 4.16. The average molecular weight is 1080 g/mol. The highest BCUT2D eigenvalue weighted by molar-refractivity contribution is 5.72. The van der Waals surface area contributed by atoms with Crippen molar-refractivity contribution in [2.24, 2.45) is 0 Å². The van der Waals surface area contributed by atoms with E-state index in [2.05, 4.69) is 154 Å². The van der Waals surface area contributed by atoms with E-state index in [-0.39, 0.29) is 31.6 Å². The molecule has 0 aliphatic heterocycles. The first kappa shape index (κ1) is 73.3. The van der Waals surface area contributed by atoms with Gasteiger partial charge in [0.25, 0.3) is 0 Å². The van der Waals surface area contributed by atoms with E-state index in [1.807, 2.05) is 6.08 Å². The minimum Gasteiger partial charge on any atom is -0.462 e. The van der Waals surface area contributed by atoms with E-state index in [0.29, 0.717) is 19.3 Å². The van der Waals surface area contributed by atoms with Gasteiger partial charge in [0.15, 0.2) is 6.10 Å². The third-order valence-electron chi connectivity index (χ3n) is 13.1. The number of rotatable bonds is 56. The molecule has 0 aliphatic rings. The van der Waals surface area contributed by atoms with E-state index in [1.165, 1.54) is 103 Å². The predicted molar refractivity (Wildman–Crippen MR) is 339 cm³/mol. The highest BCUT2D eigenvalue weighted by Gasteiger charge is 2.19. The Morgan fingerprint density at radius 2 is 0.538 bits per heavy atom. The van der Waals surface area contributed by atoms with Crippen LogP contribution in [0, 0.1) is 0 Å². The Kier molecular flexibility index (Phi) is 60.9. The number of esters is 3. The summed E-state index contributed by atoms with van der Waals surface area (Å²) in [5, 5.41) is 0. The largest absolute Gasteiger partial charge is 0.462 e. The molecule has 0 aromatic heterocycles. The van der Waals surface area contributed by atoms with Crippen molar-refractivity contribution in [3.63, 3.8) is 0 Å². The normalized spacial score (nSPS) is 13.1. The Morgan fingerprint density at radius 1 is 0.282 bits per heavy atom. The minimum absolute atomic E-state index is 0.0917. The van der Waals surface area contributed by atoms with Crippen LogP contribution in [-0.4, -0.2) is 37.2 Å². The number of allylic oxidation sites excluding steroid dienone is 23. The summed E-state index contributed by atoms with van der Waals surface area (Å²) in [6, 6.07) is 0. The van der Waals surface area contributed by atoms with E-state index < -0.39 is 12.1 Å². The van der Waals surface area contributed by atoms with Crippen molar-refractivity contribution in [2.75, 3.05) is 13.2 Å². The Morgan fingerprint density at radius 3 is 0.859 bits per heavy atom. The molecule has 0 amide bonds. The molecule has 1 atom stereocenters. The summed E-state index contributed by atoms with van der Waals surface area (Å²) < 4.78 is 16.7. The number of carbonyl (C=O) groups is 3. The maximum Gasteiger partial charge on any atom is 0.310 e. The predicted octanol–water partition coefficient (Wildman–Crippen LogP) is 21.9. The van der Waals surface area contributed by atoms with Crippen molar-refractivity contribution in [3.8, 4) is 0 Å². The van der Waals surface area contributed by atoms with E-state index >= 15 is 0 Å². The number of ether oxygens (including phenoxy) is 3. The van der Waals surface area contributed by atoms with Crippen LogP contribution in [0.5, 0.6) is 0 Å². The fourth-order valence-electron chi connectivity index (χ4n) is 8.41. The van der Waals surface area contributed by atoms with Crippen LogP contribution in [0.25, 0.3) is 0 Å². The molecule has 0 saturated heterocycles. The Labute approximate surface area is 480 Å². The van der Waals surface area contributed by atoms with Gasteiger partial charge in [-0.25, -0.2) is 0 Å². The van der Waals surface area contributed by atoms with Gasteiger partial charge >= 0.3 is 17.9 Å². The smallest absolute Gasteiger partial charge is 0.310 e. The van der Waals surface area contributed by atoms with Crippen molar-refractivity contribution < 1.29 is 28.6 Å². The van der Waals surface area contributed by atoms with Crippen LogP contribution >= 0.6 is 0 Å². The van der Waals surface area contributed by atoms with Crippen molar-refractivity contribution in [3.05, 3.63) is 146 Å². The summed E-state index contributed by atoms with van der Waals surface area (Å²) in [6.07, 6.45) is 93.4. The summed E-state index contributed by atoms with van der Waals surface area (Å²) in [4.78, 5) is 38.0. The zero-order valence-corrected chi connectivity index (χ0v) is 50.4. The summed E-state index contributed by atoms with van der Waals surface area (Å²) in [5.74, 6) is -1.07. The van der Waals surface area contributed by atoms with Crippen LogP contribution in [0.4, 0.5) is 0 Å². The molecule has 0 N–H and O–H groups in total. The van der Waals surface area contributed by atoms with Crippen LogP contribution in [0.2, 0.25) is 0 Å². The van der Waals surface area contributed by atoms with Gasteiger partial charge in [-0.3, -0.25) is 14.4 Å². The maximum atomic E-state index is 12.8. The molecule has 440 valence electrons. The highest BCUT2D eigenvalue weighted by atomic mass is 16.6. The van der Waals surface area contributed by atoms with E-state index in [4.69, 9.17) is 14.2 Å². The molecule has 0 spiro atoms. The second-order valence-electron chi connectivity index (χ2n) is 20.6. The molecule has 6 nitrogen and oxygen atoms in total. The SMILES string of the molecule is CC/C=C\C/C=C\C/C=C\C/C=C\C/C=C\C/C=C\CCCCCCCCCCCCCCCCCCC(=O)OCC(COC(=O)CCCCCCC/C=C\CCC)OC(=O)C/C=C\C/C=C\C/C=C\C/C=C\C/C=C\CC. The first-order valence-electron chi connectivity index (χ1n) is 31.8. The molecule has 0 heterocycles. The van der Waals surface area contributed by atoms with Crippen molar-refractivity contribution in [2.45, 2.75) is 277 Å². The summed E-state index contributed by atoms with van der Waals surface area (Å²) in [5.41, 5.74) is 0. The lowest BCUT2D eigenvalue weighted by atomic mass is 10.0. The molecule has 0 bridgehead atoms. The fraction of sp³-hybridized carbons (Fsp3) is 0.625. The lowest BCUT2D eigenvalue weighted by Gasteiger charge is -2.18. The van der Waals surface area contributed by atoms with Gasteiger partial charge in [-0.2, -0.15) is 0 Å². The van der Waals surface area contributed by atoms with Crippen LogP contribution in [0.1, 0.15) is 271 Å². The highest BCUT2D eigenvalue weighted by Crippen LogP contribution is 2.16. The zero-order chi connectivity index (χ0) is 56.4. The molecule has 0 saturated carbocycles. The van der Waals surface area contributed by atoms with Crippen LogP contribution in [-0.2, 0) is 28.6 Å². The van der Waals surface area contributed by atoms with Gasteiger partial charge in [-0.05, 0) is 116 Å². The molecule has 0 fully saturated rings. The standard InChI is InChI=1S/C72H116O6/c1-4-7-10-13-16-19-22-24-26-27-28-29-30-31-32-33-34-35-36-37-38-39-40-41-42-43-44-45-47-48-50-53-56-59-62-65-71(74)77-68-69(67-76-70(73)64-61-58-55-52-21-18-15-12-9-6-3)78-72(75)66-63-60-57-54-51-49-46-25-23-20-17-14-11-8-5-2/h7-8,10-12,15-17,19-20,24-26,28-29,31-32,34-35,46,51,54,60,63,69H,4-6,9,13-14,18,21-23,27,30,33,36-45,47-50,52-53,55-59,61-62,64-68H2,1-3H3/b10-7-,11-8-,15-12-,19-16-,20-17-,26-24-,29-28-,32-31-,35-34-,46-25-,54-51-,63-60-. The van der Waals surface area contributed by atoms with Crippen molar-refractivity contribution in [1.29, 1.82) is 0 Å². The lowest BCUT2D eigenvalue weighted by molar-refractivity contribution is -0.166. The molecule has 0 aromatic rings. The molecular weight excluding hydrogens is 961 g/mol. The molecule has 0 radical (unpaired) electrons. The van der Waals surface area contributed by atoms with Gasteiger partial charge in [-0.15, -0.1) is 0 Å². The fourth-order valence-corrected chi connectivity index (χ4v) is 8.41. The number of hydrogen-bond acceptors (Lipinski definition) is 6. The van der Waals surface area contributed by atoms with E-state index in [9.17, 15) is 14.4 Å². The van der Waals surface area contributed by atoms with E-state index in [1.54, 1.807) is 6.08 Å². The third kappa shape index (κ3) is 62.1. The van der Waals surface area contributed by atoms with Gasteiger partial charge in [0, 0.05) is 12.8 Å². The van der Waals surface area contributed by atoms with Gasteiger partial charge in [0.1, 0.15) is 13.2 Å². The quantitative estimate of drug-likeness (QED) is 0.0261. The monoisotopic (exact) mass is 1080 g/mol. The summed E-state index contributed by atoms with van der Waals surface area (Å²) in [7, 11) is 0. The molecule has 0 rings (SSSR count). The second kappa shape index (κ2) is 64.8. The second-order valence-corrected chi connectivity index (χ2v) is 20.6. The van der Waals surface area contributed by atoms with Crippen molar-refractivity contribution >= 4 is 17.9 Å². The molecule has 78 heavy (non-hydrogen) atoms. The van der Waals surface area contributed by atoms with Gasteiger partial charge in [-0.1, -0.05) is 282 Å². The Bertz CT molecular complexity index is 1710. The number of hydrogen-bond donors (Lipinski definition) is 0. The maximum absolute atomic E-state index is 12.8. The average Bonchev–Trinajstić information content (AvgIpc) is 3.44. The molecule has 6 heteroatoms. The first-order chi connectivity index (χ1) is 38.5.